The van der Waals surface area contributed by atoms with Crippen LogP contribution >= 0.6 is 11.6 Å². The molecular formula is C12H14ClF3N2O. The van der Waals surface area contributed by atoms with Crippen molar-refractivity contribution in [3.63, 3.8) is 0 Å². The first-order chi connectivity index (χ1) is 8.60. The first kappa shape index (κ1) is 14.4. The van der Waals surface area contributed by atoms with Gasteiger partial charge in [0.15, 0.2) is 0 Å². The molecule has 1 aromatic rings. The number of nitrogens with zero attached hydrogens (tertiary/aromatic N) is 1. The Kier molecular flexibility index (Phi) is 3.43. The Hall–Kier alpha value is -1.01. The minimum Gasteiger partial charge on any atom is -0.392 e. The first-order valence-electron chi connectivity index (χ1n) is 5.80. The fourth-order valence-electron chi connectivity index (χ4n) is 2.06. The van der Waals surface area contributed by atoms with Gasteiger partial charge in [-0.25, -0.2) is 4.98 Å². The lowest BCUT2D eigenvalue weighted by Gasteiger charge is -2.49. The molecule has 0 saturated heterocycles. The summed E-state index contributed by atoms with van der Waals surface area (Å²) in [4.78, 5) is 3.83. The minimum atomic E-state index is -4.46. The van der Waals surface area contributed by atoms with E-state index in [4.69, 9.17) is 11.6 Å². The summed E-state index contributed by atoms with van der Waals surface area (Å²) >= 11 is 5.60. The standard InChI is InChI=1S/C12H14ClF3N2O/c1-11(2)7(5-8(11)19)17-10-4-6(12(14,15)16)3-9(13)18-10/h3-4,7-8,19H,5H2,1-2H3,(H,17,18). The second kappa shape index (κ2) is 4.52. The van der Waals surface area contributed by atoms with Gasteiger partial charge in [0.1, 0.15) is 11.0 Å². The van der Waals surface area contributed by atoms with Crippen molar-refractivity contribution < 1.29 is 18.3 Å². The maximum absolute atomic E-state index is 12.6. The van der Waals surface area contributed by atoms with Crippen molar-refractivity contribution in [3.8, 4) is 0 Å². The van der Waals surface area contributed by atoms with Crippen molar-refractivity contribution in [3.05, 3.63) is 22.8 Å². The average molecular weight is 295 g/mol. The fraction of sp³-hybridized carbons (Fsp3) is 0.583. The summed E-state index contributed by atoms with van der Waals surface area (Å²) in [6.45, 7) is 3.68. The summed E-state index contributed by atoms with van der Waals surface area (Å²) < 4.78 is 37.9. The molecule has 0 amide bonds. The molecule has 1 aliphatic rings. The number of anilines is 1. The largest absolute Gasteiger partial charge is 0.416 e. The summed E-state index contributed by atoms with van der Waals surface area (Å²) in [7, 11) is 0. The highest BCUT2D eigenvalue weighted by atomic mass is 35.5. The van der Waals surface area contributed by atoms with Crippen LogP contribution in [0.4, 0.5) is 19.0 Å². The molecule has 0 spiro atoms. The lowest BCUT2D eigenvalue weighted by Crippen LogP contribution is -2.57. The van der Waals surface area contributed by atoms with Crippen LogP contribution in [-0.4, -0.2) is 22.2 Å². The Morgan fingerprint density at radius 2 is 2.05 bits per heavy atom. The Morgan fingerprint density at radius 3 is 2.53 bits per heavy atom. The van der Waals surface area contributed by atoms with E-state index in [0.29, 0.717) is 6.42 Å². The normalized spacial score (nSPS) is 25.8. The number of hydrogen-bond donors (Lipinski definition) is 2. The molecule has 0 radical (unpaired) electrons. The molecule has 2 unspecified atom stereocenters. The number of pyridine rings is 1. The van der Waals surface area contributed by atoms with Crippen LogP contribution in [0.1, 0.15) is 25.8 Å². The Labute approximate surface area is 113 Å². The van der Waals surface area contributed by atoms with Crippen LogP contribution in [0.3, 0.4) is 0 Å². The van der Waals surface area contributed by atoms with Gasteiger partial charge < -0.3 is 10.4 Å². The predicted octanol–water partition coefficient (Wildman–Crippen LogP) is 3.33. The van der Waals surface area contributed by atoms with Gasteiger partial charge in [-0.05, 0) is 18.6 Å². The summed E-state index contributed by atoms with van der Waals surface area (Å²) in [5.41, 5.74) is -1.24. The smallest absolute Gasteiger partial charge is 0.392 e. The maximum atomic E-state index is 12.6. The van der Waals surface area contributed by atoms with Crippen LogP contribution in [0, 0.1) is 5.41 Å². The quantitative estimate of drug-likeness (QED) is 0.823. The van der Waals surface area contributed by atoms with Gasteiger partial charge in [0.2, 0.25) is 0 Å². The second-order valence-electron chi connectivity index (χ2n) is 5.33. The van der Waals surface area contributed by atoms with Crippen molar-refractivity contribution >= 4 is 17.4 Å². The highest BCUT2D eigenvalue weighted by Crippen LogP contribution is 2.42. The number of rotatable bonds is 2. The molecule has 1 aliphatic carbocycles. The Morgan fingerprint density at radius 1 is 1.42 bits per heavy atom. The van der Waals surface area contributed by atoms with Crippen LogP contribution < -0.4 is 5.32 Å². The zero-order chi connectivity index (χ0) is 14.4. The number of aliphatic hydroxyl groups excluding tert-OH is 1. The summed E-state index contributed by atoms with van der Waals surface area (Å²) in [6.07, 6.45) is -4.45. The van der Waals surface area contributed by atoms with Crippen LogP contribution in [0.5, 0.6) is 0 Å². The third-order valence-electron chi connectivity index (χ3n) is 3.66. The molecule has 1 saturated carbocycles. The molecule has 2 N–H and O–H groups in total. The molecule has 3 nitrogen and oxygen atoms in total. The number of nitrogens with one attached hydrogen (secondary N) is 1. The zero-order valence-corrected chi connectivity index (χ0v) is 11.2. The van der Waals surface area contributed by atoms with E-state index in [2.05, 4.69) is 10.3 Å². The van der Waals surface area contributed by atoms with Gasteiger partial charge >= 0.3 is 6.18 Å². The summed E-state index contributed by atoms with van der Waals surface area (Å²) in [6, 6.07) is 1.58. The van der Waals surface area contributed by atoms with Crippen LogP contribution in [0.2, 0.25) is 5.15 Å². The van der Waals surface area contributed by atoms with E-state index < -0.39 is 23.3 Å². The van der Waals surface area contributed by atoms with Gasteiger partial charge in [0, 0.05) is 11.5 Å². The molecule has 106 valence electrons. The van der Waals surface area contributed by atoms with E-state index in [9.17, 15) is 18.3 Å². The lowest BCUT2D eigenvalue weighted by molar-refractivity contribution is -0.137. The number of aromatic nitrogens is 1. The van der Waals surface area contributed by atoms with E-state index in [-0.39, 0.29) is 17.0 Å². The third-order valence-corrected chi connectivity index (χ3v) is 3.85. The molecule has 0 aliphatic heterocycles. The van der Waals surface area contributed by atoms with E-state index in [1.165, 1.54) is 0 Å². The summed E-state index contributed by atoms with van der Waals surface area (Å²) in [5.74, 6) is 0.0739. The zero-order valence-electron chi connectivity index (χ0n) is 10.4. The molecule has 2 rings (SSSR count). The van der Waals surface area contributed by atoms with Gasteiger partial charge in [-0.15, -0.1) is 0 Å². The van der Waals surface area contributed by atoms with Gasteiger partial charge in [0.05, 0.1) is 11.7 Å². The average Bonchev–Trinajstić information content (AvgIpc) is 2.27. The van der Waals surface area contributed by atoms with Gasteiger partial charge in [-0.3, -0.25) is 0 Å². The second-order valence-corrected chi connectivity index (χ2v) is 5.72. The van der Waals surface area contributed by atoms with Crippen LogP contribution in [0.25, 0.3) is 0 Å². The van der Waals surface area contributed by atoms with E-state index in [1.807, 2.05) is 13.8 Å². The number of alkyl halides is 3. The van der Waals surface area contributed by atoms with Crippen molar-refractivity contribution in [2.75, 3.05) is 5.32 Å². The Balaban J connectivity index is 2.20. The van der Waals surface area contributed by atoms with Crippen molar-refractivity contribution in [1.29, 1.82) is 0 Å². The Bertz CT molecular complexity index is 490. The predicted molar refractivity (Wildman–Crippen MR) is 66.1 cm³/mol. The molecule has 0 aromatic carbocycles. The lowest BCUT2D eigenvalue weighted by atomic mass is 9.64. The molecule has 0 bridgehead atoms. The summed E-state index contributed by atoms with van der Waals surface area (Å²) in [5, 5.41) is 12.3. The maximum Gasteiger partial charge on any atom is 0.416 e. The molecular weight excluding hydrogens is 281 g/mol. The highest BCUT2D eigenvalue weighted by Gasteiger charge is 2.47. The molecule has 19 heavy (non-hydrogen) atoms. The van der Waals surface area contributed by atoms with Gasteiger partial charge in [-0.2, -0.15) is 13.2 Å². The molecule has 1 aromatic heterocycles. The van der Waals surface area contributed by atoms with E-state index in [1.54, 1.807) is 0 Å². The molecule has 1 fully saturated rings. The van der Waals surface area contributed by atoms with Crippen molar-refractivity contribution in [2.24, 2.45) is 5.41 Å². The SMILES string of the molecule is CC1(C)C(O)CC1Nc1cc(C(F)(F)F)cc(Cl)n1. The number of halogens is 4. The van der Waals surface area contributed by atoms with Crippen molar-refractivity contribution in [1.82, 2.24) is 4.98 Å². The van der Waals surface area contributed by atoms with Gasteiger partial charge in [0.25, 0.3) is 0 Å². The van der Waals surface area contributed by atoms with Crippen molar-refractivity contribution in [2.45, 2.75) is 38.6 Å². The monoisotopic (exact) mass is 294 g/mol. The molecule has 7 heteroatoms. The fourth-order valence-corrected chi connectivity index (χ4v) is 2.27. The molecule has 2 atom stereocenters. The van der Waals surface area contributed by atoms with Crippen LogP contribution in [0.15, 0.2) is 12.1 Å². The highest BCUT2D eigenvalue weighted by molar-refractivity contribution is 6.29. The van der Waals surface area contributed by atoms with E-state index >= 15 is 0 Å². The third kappa shape index (κ3) is 2.79. The topological polar surface area (TPSA) is 45.1 Å². The first-order valence-corrected chi connectivity index (χ1v) is 6.18. The molecule has 1 heterocycles. The van der Waals surface area contributed by atoms with Gasteiger partial charge in [-0.1, -0.05) is 25.4 Å². The minimum absolute atomic E-state index is 0.0739. The van der Waals surface area contributed by atoms with E-state index in [0.717, 1.165) is 12.1 Å². The number of aliphatic hydroxyl groups is 1. The van der Waals surface area contributed by atoms with Crippen LogP contribution in [-0.2, 0) is 6.18 Å². The number of hydrogen-bond acceptors (Lipinski definition) is 3.